The standard InChI is InChI=1S/C14H18BrFN2O/c15-14-9-12(16)3-2-11(14)8-13(19)10-18-6-1-4-17-5-7-18/h2-3,9,17H,1,4-8,10H2. The average Bonchev–Trinajstić information content (AvgIpc) is 2.61. The lowest BCUT2D eigenvalue weighted by Gasteiger charge is -2.18. The minimum absolute atomic E-state index is 0.175. The van der Waals surface area contributed by atoms with Gasteiger partial charge in [0, 0.05) is 24.0 Å². The molecule has 0 atom stereocenters. The lowest BCUT2D eigenvalue weighted by Crippen LogP contribution is -2.33. The summed E-state index contributed by atoms with van der Waals surface area (Å²) in [6, 6.07) is 4.46. The maximum absolute atomic E-state index is 13.0. The number of benzene rings is 1. The van der Waals surface area contributed by atoms with Gasteiger partial charge in [0.15, 0.2) is 5.78 Å². The third-order valence-electron chi connectivity index (χ3n) is 3.24. The van der Waals surface area contributed by atoms with Crippen LogP contribution >= 0.6 is 15.9 Å². The molecular weight excluding hydrogens is 311 g/mol. The van der Waals surface area contributed by atoms with Crippen LogP contribution in [-0.2, 0) is 11.2 Å². The van der Waals surface area contributed by atoms with Crippen LogP contribution in [0.15, 0.2) is 22.7 Å². The summed E-state index contributed by atoms with van der Waals surface area (Å²) >= 11 is 3.30. The Morgan fingerprint density at radius 1 is 1.37 bits per heavy atom. The summed E-state index contributed by atoms with van der Waals surface area (Å²) in [5.41, 5.74) is 0.847. The predicted molar refractivity (Wildman–Crippen MR) is 76.7 cm³/mol. The van der Waals surface area contributed by atoms with Crippen molar-refractivity contribution < 1.29 is 9.18 Å². The van der Waals surface area contributed by atoms with E-state index in [1.807, 2.05) is 0 Å². The van der Waals surface area contributed by atoms with Gasteiger partial charge in [0.1, 0.15) is 5.82 Å². The van der Waals surface area contributed by atoms with E-state index in [1.165, 1.54) is 12.1 Å². The normalized spacial score (nSPS) is 17.2. The van der Waals surface area contributed by atoms with Crippen LogP contribution in [0.25, 0.3) is 0 Å². The maximum Gasteiger partial charge on any atom is 0.151 e. The van der Waals surface area contributed by atoms with Crippen LogP contribution in [0.2, 0.25) is 0 Å². The van der Waals surface area contributed by atoms with E-state index in [-0.39, 0.29) is 11.6 Å². The molecular formula is C14H18BrFN2O. The molecule has 0 radical (unpaired) electrons. The van der Waals surface area contributed by atoms with Gasteiger partial charge in [-0.1, -0.05) is 22.0 Å². The van der Waals surface area contributed by atoms with Gasteiger partial charge in [-0.2, -0.15) is 0 Å². The fourth-order valence-electron chi connectivity index (χ4n) is 2.24. The summed E-state index contributed by atoms with van der Waals surface area (Å²) in [5, 5.41) is 3.31. The largest absolute Gasteiger partial charge is 0.315 e. The number of nitrogens with one attached hydrogen (secondary N) is 1. The Morgan fingerprint density at radius 2 is 2.21 bits per heavy atom. The van der Waals surface area contributed by atoms with Crippen LogP contribution in [0, 0.1) is 5.82 Å². The molecule has 104 valence electrons. The van der Waals surface area contributed by atoms with Crippen molar-refractivity contribution in [3.63, 3.8) is 0 Å². The number of hydrogen-bond donors (Lipinski definition) is 1. The van der Waals surface area contributed by atoms with Crippen LogP contribution in [0.1, 0.15) is 12.0 Å². The molecule has 0 bridgehead atoms. The number of Topliss-reactive ketones (excluding diaryl/α,β-unsaturated/α-hetero) is 1. The number of carbonyl (C=O) groups is 1. The summed E-state index contributed by atoms with van der Waals surface area (Å²) in [7, 11) is 0. The Kier molecular flexibility index (Phi) is 5.48. The van der Waals surface area contributed by atoms with E-state index in [0.29, 0.717) is 17.4 Å². The van der Waals surface area contributed by atoms with Gasteiger partial charge in [-0.25, -0.2) is 4.39 Å². The Bertz CT molecular complexity index is 445. The molecule has 0 saturated carbocycles. The molecule has 0 unspecified atom stereocenters. The summed E-state index contributed by atoms with van der Waals surface area (Å²) in [5.74, 6) is -0.115. The highest BCUT2D eigenvalue weighted by Gasteiger charge is 2.14. The number of carbonyl (C=O) groups excluding carboxylic acids is 1. The number of rotatable bonds is 4. The van der Waals surface area contributed by atoms with Crippen molar-refractivity contribution in [2.45, 2.75) is 12.8 Å². The van der Waals surface area contributed by atoms with E-state index >= 15 is 0 Å². The highest BCUT2D eigenvalue weighted by molar-refractivity contribution is 9.10. The molecule has 3 nitrogen and oxygen atoms in total. The molecule has 1 fully saturated rings. The first-order valence-electron chi connectivity index (χ1n) is 6.54. The van der Waals surface area contributed by atoms with Crippen LogP contribution < -0.4 is 5.32 Å². The number of hydrogen-bond acceptors (Lipinski definition) is 3. The third kappa shape index (κ3) is 4.67. The summed E-state index contributed by atoms with van der Waals surface area (Å²) in [6.07, 6.45) is 1.43. The number of halogens is 2. The lowest BCUT2D eigenvalue weighted by molar-refractivity contribution is -0.119. The fraction of sp³-hybridized carbons (Fsp3) is 0.500. The minimum Gasteiger partial charge on any atom is -0.315 e. The zero-order chi connectivity index (χ0) is 13.7. The Balaban J connectivity index is 1.89. The zero-order valence-electron chi connectivity index (χ0n) is 10.8. The molecule has 1 aliphatic rings. The van der Waals surface area contributed by atoms with Crippen molar-refractivity contribution in [1.29, 1.82) is 0 Å². The van der Waals surface area contributed by atoms with Gasteiger partial charge in [0.25, 0.3) is 0 Å². The highest BCUT2D eigenvalue weighted by atomic mass is 79.9. The minimum atomic E-state index is -0.290. The van der Waals surface area contributed by atoms with Crippen molar-refractivity contribution in [1.82, 2.24) is 10.2 Å². The van der Waals surface area contributed by atoms with E-state index in [0.717, 1.165) is 38.2 Å². The van der Waals surface area contributed by atoms with Gasteiger partial charge in [-0.05, 0) is 37.2 Å². The molecule has 1 saturated heterocycles. The topological polar surface area (TPSA) is 32.3 Å². The Labute approximate surface area is 121 Å². The first-order valence-corrected chi connectivity index (χ1v) is 7.33. The number of ketones is 1. The smallest absolute Gasteiger partial charge is 0.151 e. The average molecular weight is 329 g/mol. The van der Waals surface area contributed by atoms with E-state index in [4.69, 9.17) is 0 Å². The summed E-state index contributed by atoms with van der Waals surface area (Å²) in [4.78, 5) is 14.2. The highest BCUT2D eigenvalue weighted by Crippen LogP contribution is 2.18. The second kappa shape index (κ2) is 7.12. The van der Waals surface area contributed by atoms with Gasteiger partial charge in [0.05, 0.1) is 6.54 Å². The molecule has 1 aromatic rings. The number of nitrogens with zero attached hydrogens (tertiary/aromatic N) is 1. The van der Waals surface area contributed by atoms with Crippen molar-refractivity contribution in [2.24, 2.45) is 0 Å². The monoisotopic (exact) mass is 328 g/mol. The summed E-state index contributed by atoms with van der Waals surface area (Å²) in [6.45, 7) is 4.31. The summed E-state index contributed by atoms with van der Waals surface area (Å²) < 4.78 is 13.6. The lowest BCUT2D eigenvalue weighted by atomic mass is 10.1. The molecule has 0 aromatic heterocycles. The molecule has 0 aliphatic carbocycles. The van der Waals surface area contributed by atoms with Crippen molar-refractivity contribution in [2.75, 3.05) is 32.7 Å². The molecule has 1 aliphatic heterocycles. The Morgan fingerprint density at radius 3 is 3.00 bits per heavy atom. The molecule has 2 rings (SSSR count). The van der Waals surface area contributed by atoms with Crippen LogP contribution in [-0.4, -0.2) is 43.4 Å². The van der Waals surface area contributed by atoms with Crippen LogP contribution in [0.5, 0.6) is 0 Å². The van der Waals surface area contributed by atoms with Gasteiger partial charge in [0.2, 0.25) is 0 Å². The van der Waals surface area contributed by atoms with Crippen molar-refractivity contribution in [3.05, 3.63) is 34.1 Å². The van der Waals surface area contributed by atoms with E-state index in [2.05, 4.69) is 26.1 Å². The van der Waals surface area contributed by atoms with Gasteiger partial charge in [-0.15, -0.1) is 0 Å². The van der Waals surface area contributed by atoms with Gasteiger partial charge >= 0.3 is 0 Å². The third-order valence-corrected chi connectivity index (χ3v) is 3.97. The van der Waals surface area contributed by atoms with E-state index < -0.39 is 0 Å². The van der Waals surface area contributed by atoms with E-state index in [9.17, 15) is 9.18 Å². The van der Waals surface area contributed by atoms with E-state index in [1.54, 1.807) is 6.07 Å². The van der Waals surface area contributed by atoms with Gasteiger partial charge < -0.3 is 5.32 Å². The van der Waals surface area contributed by atoms with Crippen LogP contribution in [0.4, 0.5) is 4.39 Å². The second-order valence-electron chi connectivity index (χ2n) is 4.83. The van der Waals surface area contributed by atoms with Gasteiger partial charge in [-0.3, -0.25) is 9.69 Å². The van der Waals surface area contributed by atoms with Crippen molar-refractivity contribution in [3.8, 4) is 0 Å². The molecule has 5 heteroatoms. The van der Waals surface area contributed by atoms with Crippen LogP contribution in [0.3, 0.4) is 0 Å². The SMILES string of the molecule is O=C(Cc1ccc(F)cc1Br)CN1CCCNCC1. The molecule has 1 aromatic carbocycles. The Hall–Kier alpha value is -0.780. The fourth-order valence-corrected chi connectivity index (χ4v) is 2.73. The molecule has 19 heavy (non-hydrogen) atoms. The molecule has 0 spiro atoms. The van der Waals surface area contributed by atoms with Crippen molar-refractivity contribution >= 4 is 21.7 Å². The predicted octanol–water partition coefficient (Wildman–Crippen LogP) is 2.00. The first kappa shape index (κ1) is 14.6. The first-order chi connectivity index (χ1) is 9.15. The molecule has 1 heterocycles. The molecule has 1 N–H and O–H groups in total. The second-order valence-corrected chi connectivity index (χ2v) is 5.69. The maximum atomic E-state index is 13.0. The quantitative estimate of drug-likeness (QED) is 0.917. The molecule has 0 amide bonds. The zero-order valence-corrected chi connectivity index (χ0v) is 12.4.